The molecule has 1 rings (SSSR count). The molecular weight excluding hydrogens is 208 g/mol. The van der Waals surface area contributed by atoms with Crippen LogP contribution in [0.4, 0.5) is 0 Å². The normalized spacial score (nSPS) is 30.7. The van der Waals surface area contributed by atoms with Crippen LogP contribution in [-0.2, 0) is 28.5 Å². The first-order valence-corrected chi connectivity index (χ1v) is 4.21. The lowest BCUT2D eigenvalue weighted by atomic mass is 10.2. The molecule has 1 heterocycles. The number of aliphatic hydroxyl groups is 1. The Balaban J connectivity index is 2.74. The third kappa shape index (κ3) is 2.65. The number of methoxy groups -OCH3 is 2. The van der Waals surface area contributed by atoms with E-state index in [2.05, 4.69) is 9.47 Å². The number of rotatable bonds is 2. The number of carbonyl (C=O) groups excluding carboxylic acids is 2. The van der Waals surface area contributed by atoms with E-state index in [1.807, 2.05) is 0 Å². The Morgan fingerprint density at radius 2 is 1.73 bits per heavy atom. The van der Waals surface area contributed by atoms with Crippen molar-refractivity contribution < 1.29 is 33.6 Å². The fourth-order valence-electron chi connectivity index (χ4n) is 1.16. The third-order valence-corrected chi connectivity index (χ3v) is 1.86. The molecule has 0 bridgehead atoms. The minimum absolute atomic E-state index is 0.201. The second-order valence-corrected chi connectivity index (χ2v) is 2.81. The fourth-order valence-corrected chi connectivity index (χ4v) is 1.16. The zero-order valence-electron chi connectivity index (χ0n) is 8.34. The molecule has 0 unspecified atom stereocenters. The number of aliphatic hydroxyl groups excluding tert-OH is 1. The molecule has 1 N–H and O–H groups in total. The Morgan fingerprint density at radius 3 is 2.27 bits per heavy atom. The first-order chi connectivity index (χ1) is 7.10. The predicted molar refractivity (Wildman–Crippen MR) is 44.7 cm³/mol. The van der Waals surface area contributed by atoms with Crippen molar-refractivity contribution in [3.8, 4) is 0 Å². The SMILES string of the molecule is COC(=O)[C@@H]1OC[C@H](O)O[C@H]1C(=O)OC. The minimum atomic E-state index is -1.30. The molecule has 0 spiro atoms. The maximum absolute atomic E-state index is 11.2. The maximum Gasteiger partial charge on any atom is 0.338 e. The molecule has 1 saturated heterocycles. The third-order valence-electron chi connectivity index (χ3n) is 1.86. The van der Waals surface area contributed by atoms with E-state index < -0.39 is 30.4 Å². The van der Waals surface area contributed by atoms with Crippen molar-refractivity contribution in [1.82, 2.24) is 0 Å². The summed E-state index contributed by atoms with van der Waals surface area (Å²) in [5, 5.41) is 9.09. The van der Waals surface area contributed by atoms with Crippen LogP contribution < -0.4 is 0 Å². The molecule has 0 aromatic heterocycles. The summed E-state index contributed by atoms with van der Waals surface area (Å²) in [4.78, 5) is 22.4. The van der Waals surface area contributed by atoms with Crippen LogP contribution in [0.1, 0.15) is 0 Å². The quantitative estimate of drug-likeness (QED) is 0.562. The highest BCUT2D eigenvalue weighted by Crippen LogP contribution is 2.16. The first-order valence-electron chi connectivity index (χ1n) is 4.21. The van der Waals surface area contributed by atoms with Gasteiger partial charge in [-0.05, 0) is 0 Å². The van der Waals surface area contributed by atoms with Crippen molar-refractivity contribution in [2.24, 2.45) is 0 Å². The number of hydrogen-bond acceptors (Lipinski definition) is 7. The highest BCUT2D eigenvalue weighted by Gasteiger charge is 2.42. The van der Waals surface area contributed by atoms with Gasteiger partial charge in [0, 0.05) is 0 Å². The molecule has 0 aromatic rings. The monoisotopic (exact) mass is 220 g/mol. The largest absolute Gasteiger partial charge is 0.467 e. The van der Waals surface area contributed by atoms with Gasteiger partial charge >= 0.3 is 11.9 Å². The average Bonchev–Trinajstić information content (AvgIpc) is 2.26. The zero-order valence-corrected chi connectivity index (χ0v) is 8.34. The Kier molecular flexibility index (Phi) is 4.01. The zero-order chi connectivity index (χ0) is 11.4. The molecule has 0 amide bonds. The van der Waals surface area contributed by atoms with Gasteiger partial charge in [0.15, 0.2) is 18.5 Å². The Bertz CT molecular complexity index is 251. The van der Waals surface area contributed by atoms with Crippen LogP contribution in [0.2, 0.25) is 0 Å². The molecule has 7 nitrogen and oxygen atoms in total. The van der Waals surface area contributed by atoms with E-state index in [-0.39, 0.29) is 6.61 Å². The van der Waals surface area contributed by atoms with Crippen molar-refractivity contribution in [1.29, 1.82) is 0 Å². The highest BCUT2D eigenvalue weighted by atomic mass is 16.7. The standard InChI is InChI=1S/C8H12O7/c1-12-7(10)5-6(8(11)13-2)15-4(9)3-14-5/h4-6,9H,3H2,1-2H3/t4-,5-,6-/m1/s1. The fraction of sp³-hybridized carbons (Fsp3) is 0.750. The lowest BCUT2D eigenvalue weighted by Crippen LogP contribution is -2.52. The molecule has 1 fully saturated rings. The van der Waals surface area contributed by atoms with E-state index in [1.165, 1.54) is 0 Å². The topological polar surface area (TPSA) is 91.3 Å². The summed E-state index contributed by atoms with van der Waals surface area (Å²) in [6.07, 6.45) is -3.76. The van der Waals surface area contributed by atoms with Gasteiger partial charge in [-0.3, -0.25) is 0 Å². The van der Waals surface area contributed by atoms with Gasteiger partial charge in [-0.2, -0.15) is 0 Å². The Hall–Kier alpha value is -1.18. The number of ether oxygens (including phenoxy) is 4. The molecule has 86 valence electrons. The summed E-state index contributed by atoms with van der Waals surface area (Å²) in [6, 6.07) is 0. The van der Waals surface area contributed by atoms with Crippen LogP contribution in [0.5, 0.6) is 0 Å². The number of hydrogen-bond donors (Lipinski definition) is 1. The van der Waals surface area contributed by atoms with Gasteiger partial charge in [0.25, 0.3) is 0 Å². The molecule has 0 radical (unpaired) electrons. The van der Waals surface area contributed by atoms with Crippen LogP contribution in [0.15, 0.2) is 0 Å². The number of carbonyl (C=O) groups is 2. The average molecular weight is 220 g/mol. The van der Waals surface area contributed by atoms with Crippen molar-refractivity contribution in [2.75, 3.05) is 20.8 Å². The molecule has 0 saturated carbocycles. The van der Waals surface area contributed by atoms with Crippen LogP contribution in [0, 0.1) is 0 Å². The van der Waals surface area contributed by atoms with E-state index in [0.29, 0.717) is 0 Å². The Morgan fingerprint density at radius 1 is 1.20 bits per heavy atom. The van der Waals surface area contributed by atoms with Gasteiger partial charge in [0.1, 0.15) is 0 Å². The summed E-state index contributed by atoms with van der Waals surface area (Å²) in [7, 11) is 2.30. The predicted octanol–water partition coefficient (Wildman–Crippen LogP) is -1.57. The van der Waals surface area contributed by atoms with Gasteiger partial charge < -0.3 is 24.1 Å². The second kappa shape index (κ2) is 5.06. The van der Waals surface area contributed by atoms with Crippen LogP contribution in [0.25, 0.3) is 0 Å². The number of esters is 2. The summed E-state index contributed by atoms with van der Waals surface area (Å²) in [5.74, 6) is -1.55. The highest BCUT2D eigenvalue weighted by molar-refractivity contribution is 5.85. The van der Waals surface area contributed by atoms with Crippen molar-refractivity contribution >= 4 is 11.9 Å². The lowest BCUT2D eigenvalue weighted by molar-refractivity contribution is -0.253. The van der Waals surface area contributed by atoms with E-state index in [0.717, 1.165) is 14.2 Å². The molecule has 1 aliphatic heterocycles. The molecular formula is C8H12O7. The van der Waals surface area contributed by atoms with E-state index in [4.69, 9.17) is 14.6 Å². The van der Waals surface area contributed by atoms with Crippen molar-refractivity contribution in [3.63, 3.8) is 0 Å². The van der Waals surface area contributed by atoms with E-state index in [9.17, 15) is 9.59 Å². The van der Waals surface area contributed by atoms with E-state index >= 15 is 0 Å². The smallest absolute Gasteiger partial charge is 0.338 e. The second-order valence-electron chi connectivity index (χ2n) is 2.81. The van der Waals surface area contributed by atoms with Crippen LogP contribution in [-0.4, -0.2) is 56.4 Å². The van der Waals surface area contributed by atoms with Crippen LogP contribution in [0.3, 0.4) is 0 Å². The van der Waals surface area contributed by atoms with Gasteiger partial charge in [-0.1, -0.05) is 0 Å². The van der Waals surface area contributed by atoms with Gasteiger partial charge in [0.05, 0.1) is 20.8 Å². The molecule has 3 atom stereocenters. The molecule has 0 aliphatic carbocycles. The van der Waals surface area contributed by atoms with Gasteiger partial charge in [-0.25, -0.2) is 9.59 Å². The molecule has 1 aliphatic rings. The first kappa shape index (κ1) is 11.9. The van der Waals surface area contributed by atoms with Gasteiger partial charge in [-0.15, -0.1) is 0 Å². The van der Waals surface area contributed by atoms with Gasteiger partial charge in [0.2, 0.25) is 0 Å². The minimum Gasteiger partial charge on any atom is -0.467 e. The maximum atomic E-state index is 11.2. The molecule has 15 heavy (non-hydrogen) atoms. The molecule has 0 aromatic carbocycles. The lowest BCUT2D eigenvalue weighted by Gasteiger charge is -2.30. The summed E-state index contributed by atoms with van der Waals surface area (Å²) < 4.78 is 18.6. The van der Waals surface area contributed by atoms with Crippen LogP contribution >= 0.6 is 0 Å². The summed E-state index contributed by atoms with van der Waals surface area (Å²) >= 11 is 0. The van der Waals surface area contributed by atoms with Crippen molar-refractivity contribution in [3.05, 3.63) is 0 Å². The molecule has 7 heteroatoms. The summed E-state index contributed by atoms with van der Waals surface area (Å²) in [6.45, 7) is -0.201. The van der Waals surface area contributed by atoms with Crippen molar-refractivity contribution in [2.45, 2.75) is 18.5 Å². The van der Waals surface area contributed by atoms with E-state index in [1.54, 1.807) is 0 Å². The Labute approximate surface area is 85.9 Å². The summed E-state index contributed by atoms with van der Waals surface area (Å²) in [5.41, 5.74) is 0.